The Balaban J connectivity index is 1.91. The number of nitrogens with zero attached hydrogens (tertiary/aromatic N) is 2. The third-order valence-electron chi connectivity index (χ3n) is 4.18. The third-order valence-corrected chi connectivity index (χ3v) is 4.18. The number of carbonyl (C=O) groups is 1. The number of amides is 2. The van der Waals surface area contributed by atoms with E-state index in [1.54, 1.807) is 0 Å². The summed E-state index contributed by atoms with van der Waals surface area (Å²) < 4.78 is 0. The van der Waals surface area contributed by atoms with Crippen LogP contribution in [0.15, 0.2) is 0 Å². The standard InChI is InChI=1S/C13H26N4O/c1-13(2,8-14)9-17-7-11(15-12(17)18)10-4-5-16(3)6-10/h10-11H,4-9,14H2,1-3H3,(H,15,18). The number of urea groups is 1. The van der Waals surface area contributed by atoms with Gasteiger partial charge in [-0.05, 0) is 37.9 Å². The maximum absolute atomic E-state index is 12.0. The molecule has 5 heteroatoms. The molecule has 0 aromatic carbocycles. The molecule has 0 aliphatic carbocycles. The summed E-state index contributed by atoms with van der Waals surface area (Å²) in [6.07, 6.45) is 1.19. The normalized spacial score (nSPS) is 30.0. The number of likely N-dealkylation sites (tertiary alicyclic amines) is 1. The second-order valence-electron chi connectivity index (χ2n) is 6.62. The van der Waals surface area contributed by atoms with E-state index in [9.17, 15) is 4.79 Å². The van der Waals surface area contributed by atoms with Crippen LogP contribution in [0, 0.1) is 11.3 Å². The number of nitrogens with one attached hydrogen (secondary N) is 1. The van der Waals surface area contributed by atoms with Crippen LogP contribution in [0.3, 0.4) is 0 Å². The van der Waals surface area contributed by atoms with Crippen molar-refractivity contribution in [3.8, 4) is 0 Å². The minimum absolute atomic E-state index is 0.00129. The average Bonchev–Trinajstić information content (AvgIpc) is 2.86. The summed E-state index contributed by atoms with van der Waals surface area (Å²) in [4.78, 5) is 16.2. The molecule has 5 nitrogen and oxygen atoms in total. The van der Waals surface area contributed by atoms with Gasteiger partial charge in [-0.3, -0.25) is 0 Å². The van der Waals surface area contributed by atoms with E-state index in [1.165, 1.54) is 6.42 Å². The fraction of sp³-hybridized carbons (Fsp3) is 0.923. The summed E-state index contributed by atoms with van der Waals surface area (Å²) in [7, 11) is 2.14. The molecule has 18 heavy (non-hydrogen) atoms. The van der Waals surface area contributed by atoms with E-state index < -0.39 is 0 Å². The monoisotopic (exact) mass is 254 g/mol. The maximum Gasteiger partial charge on any atom is 0.317 e. The van der Waals surface area contributed by atoms with Crippen molar-refractivity contribution in [2.24, 2.45) is 17.1 Å². The van der Waals surface area contributed by atoms with Crippen molar-refractivity contribution >= 4 is 6.03 Å². The zero-order chi connectivity index (χ0) is 13.3. The molecule has 0 bridgehead atoms. The first kappa shape index (κ1) is 13.6. The van der Waals surface area contributed by atoms with Crippen LogP contribution in [0.5, 0.6) is 0 Å². The van der Waals surface area contributed by atoms with Crippen molar-refractivity contribution in [2.75, 3.05) is 39.8 Å². The van der Waals surface area contributed by atoms with Crippen molar-refractivity contribution in [3.63, 3.8) is 0 Å². The Morgan fingerprint density at radius 1 is 1.44 bits per heavy atom. The third kappa shape index (κ3) is 2.95. The van der Waals surface area contributed by atoms with Gasteiger partial charge in [-0.2, -0.15) is 0 Å². The van der Waals surface area contributed by atoms with Gasteiger partial charge in [-0.1, -0.05) is 13.8 Å². The van der Waals surface area contributed by atoms with Gasteiger partial charge in [-0.15, -0.1) is 0 Å². The van der Waals surface area contributed by atoms with Gasteiger partial charge in [0.2, 0.25) is 0 Å². The zero-order valence-electron chi connectivity index (χ0n) is 11.8. The van der Waals surface area contributed by atoms with Crippen molar-refractivity contribution in [3.05, 3.63) is 0 Å². The summed E-state index contributed by atoms with van der Waals surface area (Å²) in [6.45, 7) is 8.64. The van der Waals surface area contributed by atoms with E-state index in [0.29, 0.717) is 18.5 Å². The van der Waals surface area contributed by atoms with Crippen LogP contribution in [0.4, 0.5) is 4.79 Å². The molecule has 2 heterocycles. The molecule has 2 amide bonds. The number of hydrogen-bond donors (Lipinski definition) is 2. The topological polar surface area (TPSA) is 61.6 Å². The predicted octanol–water partition coefficient (Wildman–Crippen LogP) is 0.317. The van der Waals surface area contributed by atoms with E-state index in [1.807, 2.05) is 4.90 Å². The van der Waals surface area contributed by atoms with Crippen molar-refractivity contribution in [1.82, 2.24) is 15.1 Å². The second-order valence-corrected chi connectivity index (χ2v) is 6.62. The summed E-state index contributed by atoms with van der Waals surface area (Å²) in [6, 6.07) is 0.395. The maximum atomic E-state index is 12.0. The first-order valence-electron chi connectivity index (χ1n) is 6.85. The second kappa shape index (κ2) is 5.05. The highest BCUT2D eigenvalue weighted by molar-refractivity contribution is 5.77. The van der Waals surface area contributed by atoms with Gasteiger partial charge < -0.3 is 20.9 Å². The van der Waals surface area contributed by atoms with Crippen molar-refractivity contribution in [1.29, 1.82) is 0 Å². The molecule has 0 aromatic rings. The van der Waals surface area contributed by atoms with E-state index in [2.05, 4.69) is 31.1 Å². The summed E-state index contributed by atoms with van der Waals surface area (Å²) in [5.41, 5.74) is 5.74. The minimum atomic E-state index is -0.00129. The van der Waals surface area contributed by atoms with Crippen LogP contribution in [-0.4, -0.2) is 61.6 Å². The van der Waals surface area contributed by atoms with Gasteiger partial charge >= 0.3 is 6.03 Å². The first-order valence-corrected chi connectivity index (χ1v) is 6.85. The lowest BCUT2D eigenvalue weighted by Crippen LogP contribution is -2.40. The van der Waals surface area contributed by atoms with Gasteiger partial charge in [0.25, 0.3) is 0 Å². The molecule has 3 N–H and O–H groups in total. The molecule has 2 saturated heterocycles. The molecular formula is C13H26N4O. The summed E-state index contributed by atoms with van der Waals surface area (Å²) in [5, 5.41) is 3.13. The lowest BCUT2D eigenvalue weighted by atomic mass is 9.93. The highest BCUT2D eigenvalue weighted by Crippen LogP contribution is 2.24. The first-order chi connectivity index (χ1) is 8.41. The van der Waals surface area contributed by atoms with Crippen LogP contribution in [-0.2, 0) is 0 Å². The molecule has 0 aromatic heterocycles. The number of rotatable bonds is 4. The van der Waals surface area contributed by atoms with Gasteiger partial charge in [0.05, 0.1) is 6.04 Å². The molecule has 2 rings (SSSR count). The molecular weight excluding hydrogens is 228 g/mol. The van der Waals surface area contributed by atoms with Crippen molar-refractivity contribution < 1.29 is 4.79 Å². The van der Waals surface area contributed by atoms with Crippen LogP contribution in [0.2, 0.25) is 0 Å². The lowest BCUT2D eigenvalue weighted by molar-refractivity contribution is 0.190. The SMILES string of the molecule is CN1CCC(C2CN(CC(C)(C)CN)C(=O)N2)C1. The number of hydrogen-bond acceptors (Lipinski definition) is 3. The van der Waals surface area contributed by atoms with E-state index in [4.69, 9.17) is 5.73 Å². The molecule has 2 atom stereocenters. The molecule has 104 valence electrons. The Kier molecular flexibility index (Phi) is 3.82. The molecule has 0 spiro atoms. The quantitative estimate of drug-likeness (QED) is 0.759. The Bertz CT molecular complexity index is 318. The molecule has 2 fully saturated rings. The van der Waals surface area contributed by atoms with E-state index >= 15 is 0 Å². The zero-order valence-corrected chi connectivity index (χ0v) is 11.8. The van der Waals surface area contributed by atoms with E-state index in [0.717, 1.165) is 26.2 Å². The minimum Gasteiger partial charge on any atom is -0.333 e. The van der Waals surface area contributed by atoms with Gasteiger partial charge in [0.15, 0.2) is 0 Å². The summed E-state index contributed by atoms with van der Waals surface area (Å²) >= 11 is 0. The molecule has 0 saturated carbocycles. The Labute approximate surface area is 110 Å². The molecule has 0 radical (unpaired) electrons. The largest absolute Gasteiger partial charge is 0.333 e. The van der Waals surface area contributed by atoms with Gasteiger partial charge in [0, 0.05) is 19.6 Å². The highest BCUT2D eigenvalue weighted by Gasteiger charge is 2.38. The molecule has 2 aliphatic heterocycles. The fourth-order valence-corrected chi connectivity index (χ4v) is 2.90. The fourth-order valence-electron chi connectivity index (χ4n) is 2.90. The lowest BCUT2D eigenvalue weighted by Gasteiger charge is -2.28. The molecule has 2 unspecified atom stereocenters. The van der Waals surface area contributed by atoms with Gasteiger partial charge in [-0.25, -0.2) is 4.79 Å². The van der Waals surface area contributed by atoms with Crippen LogP contribution >= 0.6 is 0 Å². The van der Waals surface area contributed by atoms with E-state index in [-0.39, 0.29) is 11.4 Å². The Morgan fingerprint density at radius 3 is 2.72 bits per heavy atom. The molecule has 2 aliphatic rings. The number of carbonyl (C=O) groups excluding carboxylic acids is 1. The highest BCUT2D eigenvalue weighted by atomic mass is 16.2. The van der Waals surface area contributed by atoms with Crippen LogP contribution < -0.4 is 11.1 Å². The van der Waals surface area contributed by atoms with Crippen molar-refractivity contribution in [2.45, 2.75) is 26.3 Å². The average molecular weight is 254 g/mol. The number of nitrogens with two attached hydrogens (primary N) is 1. The Morgan fingerprint density at radius 2 is 2.17 bits per heavy atom. The van der Waals surface area contributed by atoms with Crippen LogP contribution in [0.25, 0.3) is 0 Å². The Hall–Kier alpha value is -0.810. The smallest absolute Gasteiger partial charge is 0.317 e. The predicted molar refractivity (Wildman–Crippen MR) is 72.3 cm³/mol. The summed E-state index contributed by atoms with van der Waals surface area (Å²) in [5.74, 6) is 0.602. The van der Waals surface area contributed by atoms with Crippen LogP contribution in [0.1, 0.15) is 20.3 Å². The van der Waals surface area contributed by atoms with Gasteiger partial charge in [0.1, 0.15) is 0 Å².